The first kappa shape index (κ1) is 9.87. The minimum atomic E-state index is -2.47. The average Bonchev–Trinajstić information content (AvgIpc) is 3.05. The largest absolute Gasteiger partial charge is 0.324 e. The Bertz CT molecular complexity index is 1010. The Morgan fingerprint density at radius 2 is 2.38 bits per heavy atom. The van der Waals surface area contributed by atoms with Crippen LogP contribution in [0, 0.1) is 0 Å². The molecule has 4 nitrogen and oxygen atoms in total. The highest BCUT2D eigenvalue weighted by Crippen LogP contribution is 2.36. The third-order valence-corrected chi connectivity index (χ3v) is 4.99. The molecule has 0 unspecified atom stereocenters. The molecule has 0 aliphatic heterocycles. The Morgan fingerprint density at radius 1 is 1.48 bits per heavy atom. The molecule has 4 rings (SSSR count). The van der Waals surface area contributed by atoms with Crippen molar-refractivity contribution in [1.29, 1.82) is 0 Å². The van der Waals surface area contributed by atoms with E-state index in [9.17, 15) is 4.79 Å². The zero-order valence-corrected chi connectivity index (χ0v) is 12.0. The molecule has 3 aromatic rings. The van der Waals surface area contributed by atoms with Crippen LogP contribution < -0.4 is 10.6 Å². The second-order valence-corrected chi connectivity index (χ2v) is 6.28. The molecule has 1 aromatic carbocycles. The molecule has 2 aromatic heterocycles. The van der Waals surface area contributed by atoms with Gasteiger partial charge in [0, 0.05) is 35.1 Å². The Kier molecular flexibility index (Phi) is 2.12. The number of fused-ring (bicyclic) bond motifs is 2. The Morgan fingerprint density at radius 3 is 3.24 bits per heavy atom. The first-order chi connectivity index (χ1) is 11.4. The van der Waals surface area contributed by atoms with E-state index in [1.54, 1.807) is 6.07 Å². The summed E-state index contributed by atoms with van der Waals surface area (Å²) in [5.74, 6) is 0. The summed E-state index contributed by atoms with van der Waals surface area (Å²) in [6, 6.07) is 5.43. The molecule has 0 bridgehead atoms. The van der Waals surface area contributed by atoms with E-state index in [1.807, 2.05) is 24.5 Å². The van der Waals surface area contributed by atoms with Crippen LogP contribution in [0.4, 0.5) is 0 Å². The van der Waals surface area contributed by atoms with Crippen LogP contribution in [-0.2, 0) is 13.4 Å². The molecule has 0 spiro atoms. The lowest BCUT2D eigenvalue weighted by Gasteiger charge is -2.09. The maximum absolute atomic E-state index is 12.1. The van der Waals surface area contributed by atoms with Gasteiger partial charge in [0.05, 0.1) is 10.2 Å². The molecule has 21 heavy (non-hydrogen) atoms. The predicted octanol–water partition coefficient (Wildman–Crippen LogP) is 2.61. The highest BCUT2D eigenvalue weighted by atomic mass is 32.1. The number of hydrogen-bond acceptors (Lipinski definition) is 4. The number of rotatable bonds is 1. The number of hydrogen-bond donors (Lipinski definition) is 1. The van der Waals surface area contributed by atoms with Crippen molar-refractivity contribution < 1.29 is 4.11 Å². The molecular formula is C16H15N3OS. The van der Waals surface area contributed by atoms with Crippen LogP contribution in [0.2, 0.25) is 0 Å². The number of benzene rings is 1. The van der Waals surface area contributed by atoms with Gasteiger partial charge in [0.1, 0.15) is 0 Å². The summed E-state index contributed by atoms with van der Waals surface area (Å²) >= 11 is 0.951. The first-order valence-corrected chi connectivity index (χ1v) is 7.57. The van der Waals surface area contributed by atoms with E-state index < -0.39 is 11.8 Å². The molecule has 1 aliphatic carbocycles. The van der Waals surface area contributed by atoms with Crippen LogP contribution in [0.25, 0.3) is 21.3 Å². The lowest BCUT2D eigenvalue weighted by Crippen LogP contribution is -2.06. The van der Waals surface area contributed by atoms with Gasteiger partial charge in [0.2, 0.25) is 0 Å². The maximum atomic E-state index is 12.1. The van der Waals surface area contributed by atoms with Crippen molar-refractivity contribution in [1.82, 2.24) is 9.55 Å². The standard InChI is InChI=1S/C16H15N3OS/c1-19-14-5-2-9(6-15(14)21-16(19)20)11-7-18-8-12-10(11)3-4-13(12)17/h2,5-8,13H,3-4,17H2,1H3/t13-/m1/s1/i1D3. The second-order valence-electron chi connectivity index (χ2n) is 5.29. The number of pyridine rings is 1. The van der Waals surface area contributed by atoms with Crippen LogP contribution in [0.3, 0.4) is 0 Å². The van der Waals surface area contributed by atoms with Crippen molar-refractivity contribution in [2.75, 3.05) is 0 Å². The zero-order chi connectivity index (χ0) is 17.1. The summed E-state index contributed by atoms with van der Waals surface area (Å²) in [4.78, 5) is 15.9. The summed E-state index contributed by atoms with van der Waals surface area (Å²) in [5, 5.41) is 0. The number of thiazole rings is 1. The molecule has 0 saturated heterocycles. The molecule has 0 fully saturated rings. The lowest BCUT2D eigenvalue weighted by atomic mass is 9.99. The third kappa shape index (κ3) is 1.85. The molecule has 0 amide bonds. The van der Waals surface area contributed by atoms with Gasteiger partial charge in [-0.25, -0.2) is 0 Å². The molecule has 106 valence electrons. The molecule has 5 heteroatoms. The van der Waals surface area contributed by atoms with Gasteiger partial charge in [-0.15, -0.1) is 0 Å². The SMILES string of the molecule is [2H]C([2H])([2H])n1c(=O)sc2cc(-c3cncc4c3CC[C@H]4N)ccc21. The second kappa shape index (κ2) is 4.51. The van der Waals surface area contributed by atoms with Crippen molar-refractivity contribution in [2.45, 2.75) is 18.9 Å². The quantitative estimate of drug-likeness (QED) is 0.751. The van der Waals surface area contributed by atoms with Gasteiger partial charge in [0.25, 0.3) is 0 Å². The van der Waals surface area contributed by atoms with Gasteiger partial charge in [-0.3, -0.25) is 9.78 Å². The summed E-state index contributed by atoms with van der Waals surface area (Å²) < 4.78 is 24.1. The summed E-state index contributed by atoms with van der Waals surface area (Å²) in [5.41, 5.74) is 10.7. The average molecular weight is 300 g/mol. The van der Waals surface area contributed by atoms with Crippen molar-refractivity contribution in [2.24, 2.45) is 12.7 Å². The normalized spacial score (nSPS) is 20.0. The fourth-order valence-electron chi connectivity index (χ4n) is 2.99. The van der Waals surface area contributed by atoms with Crippen LogP contribution in [-0.4, -0.2) is 9.55 Å². The number of aryl methyl sites for hydroxylation is 1. The van der Waals surface area contributed by atoms with E-state index in [2.05, 4.69) is 4.98 Å². The molecule has 0 saturated carbocycles. The summed E-state index contributed by atoms with van der Waals surface area (Å²) in [7, 11) is 0. The van der Waals surface area contributed by atoms with E-state index in [4.69, 9.17) is 9.85 Å². The molecule has 2 N–H and O–H groups in total. The summed E-state index contributed by atoms with van der Waals surface area (Å²) in [6.45, 7) is -2.47. The predicted molar refractivity (Wildman–Crippen MR) is 85.5 cm³/mol. The van der Waals surface area contributed by atoms with Crippen molar-refractivity contribution in [3.8, 4) is 11.1 Å². The van der Waals surface area contributed by atoms with E-state index in [-0.39, 0.29) is 6.04 Å². The van der Waals surface area contributed by atoms with Crippen molar-refractivity contribution >= 4 is 21.6 Å². The topological polar surface area (TPSA) is 60.9 Å². The Hall–Kier alpha value is -1.98. The van der Waals surface area contributed by atoms with Gasteiger partial charge < -0.3 is 10.3 Å². The van der Waals surface area contributed by atoms with Crippen LogP contribution >= 0.6 is 11.3 Å². The van der Waals surface area contributed by atoms with Crippen LogP contribution in [0.15, 0.2) is 35.4 Å². The fraction of sp³-hybridized carbons (Fsp3) is 0.250. The number of aromatic nitrogens is 2. The van der Waals surface area contributed by atoms with Gasteiger partial charge in [0.15, 0.2) is 0 Å². The molecule has 1 atom stereocenters. The fourth-order valence-corrected chi connectivity index (χ4v) is 3.82. The van der Waals surface area contributed by atoms with Crippen LogP contribution in [0.5, 0.6) is 0 Å². The number of nitrogens with two attached hydrogens (primary N) is 1. The van der Waals surface area contributed by atoms with Crippen molar-refractivity contribution in [3.63, 3.8) is 0 Å². The van der Waals surface area contributed by atoms with Crippen molar-refractivity contribution in [3.05, 3.63) is 51.4 Å². The molecule has 0 radical (unpaired) electrons. The highest BCUT2D eigenvalue weighted by Gasteiger charge is 2.22. The smallest absolute Gasteiger partial charge is 0.307 e. The van der Waals surface area contributed by atoms with E-state index >= 15 is 0 Å². The van der Waals surface area contributed by atoms with E-state index in [1.165, 1.54) is 5.56 Å². The molecule has 2 heterocycles. The number of nitrogens with zero attached hydrogens (tertiary/aromatic N) is 2. The minimum absolute atomic E-state index is 0.0175. The van der Waals surface area contributed by atoms with Gasteiger partial charge in [-0.1, -0.05) is 17.4 Å². The van der Waals surface area contributed by atoms with Crippen LogP contribution in [0.1, 0.15) is 27.7 Å². The lowest BCUT2D eigenvalue weighted by molar-refractivity contribution is 0.712. The molecule has 1 aliphatic rings. The Balaban J connectivity index is 1.91. The van der Waals surface area contributed by atoms with Gasteiger partial charge >= 0.3 is 4.87 Å². The highest BCUT2D eigenvalue weighted by molar-refractivity contribution is 7.16. The third-order valence-electron chi connectivity index (χ3n) is 4.09. The monoisotopic (exact) mass is 300 g/mol. The van der Waals surface area contributed by atoms with E-state index in [0.717, 1.165) is 45.4 Å². The maximum Gasteiger partial charge on any atom is 0.307 e. The summed E-state index contributed by atoms with van der Waals surface area (Å²) in [6.07, 6.45) is 5.43. The molecular weight excluding hydrogens is 282 g/mol. The van der Waals surface area contributed by atoms with Gasteiger partial charge in [-0.2, -0.15) is 0 Å². The van der Waals surface area contributed by atoms with Gasteiger partial charge in [-0.05, 0) is 41.7 Å². The minimum Gasteiger partial charge on any atom is -0.324 e. The Labute approximate surface area is 130 Å². The zero-order valence-electron chi connectivity index (χ0n) is 14.2. The van der Waals surface area contributed by atoms with E-state index in [0.29, 0.717) is 10.2 Å². The first-order valence-electron chi connectivity index (χ1n) is 8.25.